The molecule has 0 aliphatic heterocycles. The van der Waals surface area contributed by atoms with Crippen LogP contribution in [0.4, 0.5) is 0 Å². The molecule has 4 bridgehead atoms. The third-order valence-corrected chi connectivity index (χ3v) is 5.86. The van der Waals surface area contributed by atoms with Gasteiger partial charge in [-0.2, -0.15) is 0 Å². The lowest BCUT2D eigenvalue weighted by molar-refractivity contribution is -0.0532. The van der Waals surface area contributed by atoms with Gasteiger partial charge in [0.25, 0.3) is 0 Å². The van der Waals surface area contributed by atoms with Gasteiger partial charge in [0.05, 0.1) is 5.69 Å². The minimum atomic E-state index is 0.522. The van der Waals surface area contributed by atoms with Crippen LogP contribution in [-0.2, 0) is 13.0 Å². The molecule has 0 unspecified atom stereocenters. The van der Waals surface area contributed by atoms with Crippen LogP contribution in [0.3, 0.4) is 0 Å². The van der Waals surface area contributed by atoms with Crippen molar-refractivity contribution in [1.82, 2.24) is 9.97 Å². The summed E-state index contributed by atoms with van der Waals surface area (Å²) in [5, 5.41) is 0. The van der Waals surface area contributed by atoms with Crippen molar-refractivity contribution in [3.05, 3.63) is 23.3 Å². The van der Waals surface area contributed by atoms with Gasteiger partial charge in [0.2, 0.25) is 0 Å². The van der Waals surface area contributed by atoms with Crippen molar-refractivity contribution in [2.75, 3.05) is 0 Å². The van der Waals surface area contributed by atoms with Crippen LogP contribution in [0.5, 0.6) is 0 Å². The van der Waals surface area contributed by atoms with Gasteiger partial charge < -0.3 is 5.73 Å². The van der Waals surface area contributed by atoms with Gasteiger partial charge in [0.15, 0.2) is 0 Å². The third kappa shape index (κ3) is 2.16. The monoisotopic (exact) mass is 271 g/mol. The first kappa shape index (κ1) is 12.8. The van der Waals surface area contributed by atoms with Crippen LogP contribution in [0, 0.1) is 30.1 Å². The zero-order valence-electron chi connectivity index (χ0n) is 12.4. The van der Waals surface area contributed by atoms with E-state index in [0.717, 1.165) is 41.4 Å². The van der Waals surface area contributed by atoms with E-state index >= 15 is 0 Å². The molecule has 1 heterocycles. The Hall–Kier alpha value is -0.960. The summed E-state index contributed by atoms with van der Waals surface area (Å²) in [7, 11) is 0. The lowest BCUT2D eigenvalue weighted by Crippen LogP contribution is -2.47. The SMILES string of the molecule is Cc1cc(CN)nc(CC23CC4CC(CC(C4)C2)C3)n1. The van der Waals surface area contributed by atoms with Crippen LogP contribution in [0.1, 0.15) is 55.7 Å². The van der Waals surface area contributed by atoms with E-state index in [-0.39, 0.29) is 0 Å². The van der Waals surface area contributed by atoms with Crippen molar-refractivity contribution < 1.29 is 0 Å². The average molecular weight is 271 g/mol. The molecule has 2 N–H and O–H groups in total. The normalized spacial score (nSPS) is 38.4. The highest BCUT2D eigenvalue weighted by Gasteiger charge is 2.50. The van der Waals surface area contributed by atoms with Gasteiger partial charge in [-0.25, -0.2) is 9.97 Å². The maximum Gasteiger partial charge on any atom is 0.129 e. The van der Waals surface area contributed by atoms with Gasteiger partial charge in [0.1, 0.15) is 5.82 Å². The van der Waals surface area contributed by atoms with Gasteiger partial charge in [0, 0.05) is 18.7 Å². The molecule has 0 saturated heterocycles. The Morgan fingerprint density at radius 3 is 2.25 bits per heavy atom. The molecule has 108 valence electrons. The molecule has 20 heavy (non-hydrogen) atoms. The standard InChI is InChI=1S/C17H25N3/c1-11-2-15(10-18)20-16(19-11)9-17-6-12-3-13(7-17)5-14(4-12)8-17/h2,12-14H,3-10,18H2,1H3. The number of hydrogen-bond donors (Lipinski definition) is 1. The minimum Gasteiger partial charge on any atom is -0.325 e. The molecule has 4 aliphatic rings. The molecule has 4 aliphatic carbocycles. The number of hydrogen-bond acceptors (Lipinski definition) is 3. The largest absolute Gasteiger partial charge is 0.325 e. The second-order valence-electron chi connectivity index (χ2n) is 7.72. The Balaban J connectivity index is 1.61. The summed E-state index contributed by atoms with van der Waals surface area (Å²) in [5.74, 6) is 4.05. The number of aromatic nitrogens is 2. The number of aryl methyl sites for hydroxylation is 1. The molecule has 1 aromatic heterocycles. The zero-order chi connectivity index (χ0) is 13.7. The van der Waals surface area contributed by atoms with Crippen LogP contribution < -0.4 is 5.73 Å². The predicted octanol–water partition coefficient (Wildman–Crippen LogP) is 3.00. The third-order valence-electron chi connectivity index (χ3n) is 5.86. The van der Waals surface area contributed by atoms with Crippen LogP contribution in [0.15, 0.2) is 6.07 Å². The van der Waals surface area contributed by atoms with E-state index in [9.17, 15) is 0 Å². The fourth-order valence-electron chi connectivity index (χ4n) is 5.73. The van der Waals surface area contributed by atoms with E-state index in [1.54, 1.807) is 0 Å². The van der Waals surface area contributed by atoms with E-state index in [2.05, 4.69) is 6.92 Å². The van der Waals surface area contributed by atoms with Crippen molar-refractivity contribution in [2.45, 2.75) is 58.4 Å². The fraction of sp³-hybridized carbons (Fsp3) is 0.765. The first-order valence-corrected chi connectivity index (χ1v) is 8.18. The van der Waals surface area contributed by atoms with Crippen molar-refractivity contribution >= 4 is 0 Å². The minimum absolute atomic E-state index is 0.522. The van der Waals surface area contributed by atoms with E-state index in [1.165, 1.54) is 38.5 Å². The summed E-state index contributed by atoms with van der Waals surface area (Å²) in [6.45, 7) is 2.58. The lowest BCUT2D eigenvalue weighted by atomic mass is 9.49. The van der Waals surface area contributed by atoms with Gasteiger partial charge in [-0.3, -0.25) is 0 Å². The zero-order valence-corrected chi connectivity index (χ0v) is 12.4. The van der Waals surface area contributed by atoms with Crippen molar-refractivity contribution in [3.63, 3.8) is 0 Å². The molecular weight excluding hydrogens is 246 g/mol. The van der Waals surface area contributed by atoms with Crippen LogP contribution in [0.25, 0.3) is 0 Å². The van der Waals surface area contributed by atoms with E-state index < -0.39 is 0 Å². The Morgan fingerprint density at radius 2 is 1.70 bits per heavy atom. The number of nitrogens with two attached hydrogens (primary N) is 1. The quantitative estimate of drug-likeness (QED) is 0.919. The van der Waals surface area contributed by atoms with Gasteiger partial charge in [-0.05, 0) is 74.7 Å². The highest BCUT2D eigenvalue weighted by Crippen LogP contribution is 2.60. The molecule has 1 aromatic rings. The van der Waals surface area contributed by atoms with E-state index in [1.807, 2.05) is 6.07 Å². The summed E-state index contributed by atoms with van der Waals surface area (Å²) < 4.78 is 0. The van der Waals surface area contributed by atoms with Gasteiger partial charge in [-0.15, -0.1) is 0 Å². The second-order valence-corrected chi connectivity index (χ2v) is 7.72. The Bertz CT molecular complexity index is 488. The van der Waals surface area contributed by atoms with Crippen LogP contribution >= 0.6 is 0 Å². The molecule has 0 amide bonds. The summed E-state index contributed by atoms with van der Waals surface area (Å²) in [6, 6.07) is 2.02. The smallest absolute Gasteiger partial charge is 0.129 e. The summed E-state index contributed by atoms with van der Waals surface area (Å²) in [6.07, 6.45) is 9.87. The Labute approximate surface area is 121 Å². The van der Waals surface area contributed by atoms with Crippen LogP contribution in [0.2, 0.25) is 0 Å². The van der Waals surface area contributed by atoms with Crippen molar-refractivity contribution in [2.24, 2.45) is 28.9 Å². The molecular formula is C17H25N3. The summed E-state index contributed by atoms with van der Waals surface area (Å²) in [4.78, 5) is 9.38. The molecule has 3 nitrogen and oxygen atoms in total. The molecule has 0 aromatic carbocycles. The molecule has 4 fully saturated rings. The van der Waals surface area contributed by atoms with Gasteiger partial charge >= 0.3 is 0 Å². The Kier molecular flexibility index (Phi) is 2.88. The maximum atomic E-state index is 5.76. The summed E-state index contributed by atoms with van der Waals surface area (Å²) in [5.41, 5.74) is 8.35. The van der Waals surface area contributed by atoms with Crippen molar-refractivity contribution in [3.8, 4) is 0 Å². The molecule has 4 saturated carbocycles. The lowest BCUT2D eigenvalue weighted by Gasteiger charge is -2.56. The first-order chi connectivity index (χ1) is 9.64. The number of nitrogens with zero attached hydrogens (tertiary/aromatic N) is 2. The highest BCUT2D eigenvalue weighted by atomic mass is 14.9. The first-order valence-electron chi connectivity index (χ1n) is 8.18. The number of rotatable bonds is 3. The molecule has 5 rings (SSSR count). The Morgan fingerprint density at radius 1 is 1.10 bits per heavy atom. The highest BCUT2D eigenvalue weighted by molar-refractivity contribution is 5.12. The second kappa shape index (κ2) is 4.52. The average Bonchev–Trinajstić information content (AvgIpc) is 2.35. The van der Waals surface area contributed by atoms with Gasteiger partial charge in [-0.1, -0.05) is 0 Å². The molecule has 3 heteroatoms. The summed E-state index contributed by atoms with van der Waals surface area (Å²) >= 11 is 0. The maximum absolute atomic E-state index is 5.76. The predicted molar refractivity (Wildman–Crippen MR) is 79.0 cm³/mol. The fourth-order valence-corrected chi connectivity index (χ4v) is 5.73. The molecule has 0 atom stereocenters. The molecule has 0 radical (unpaired) electrons. The van der Waals surface area contributed by atoms with E-state index in [4.69, 9.17) is 15.7 Å². The topological polar surface area (TPSA) is 51.8 Å². The van der Waals surface area contributed by atoms with Crippen molar-refractivity contribution in [1.29, 1.82) is 0 Å². The molecule has 0 spiro atoms. The van der Waals surface area contributed by atoms with Crippen LogP contribution in [-0.4, -0.2) is 9.97 Å². The van der Waals surface area contributed by atoms with E-state index in [0.29, 0.717) is 12.0 Å².